The van der Waals surface area contributed by atoms with Crippen molar-refractivity contribution in [2.75, 3.05) is 6.54 Å². The van der Waals surface area contributed by atoms with Crippen LogP contribution in [0.2, 0.25) is 0 Å². The minimum Gasteiger partial charge on any atom is -0.445 e. The van der Waals surface area contributed by atoms with Crippen LogP contribution in [0.25, 0.3) is 0 Å². The molecule has 0 bridgehead atoms. The Hall–Kier alpha value is -1.55. The van der Waals surface area contributed by atoms with E-state index in [1.807, 2.05) is 37.3 Å². The van der Waals surface area contributed by atoms with Crippen molar-refractivity contribution in [1.82, 2.24) is 5.32 Å². The molecule has 0 saturated heterocycles. The highest BCUT2D eigenvalue weighted by atomic mass is 16.5. The molecule has 2 rings (SSSR count). The topological polar surface area (TPSA) is 58.6 Å². The van der Waals surface area contributed by atoms with Crippen molar-refractivity contribution < 1.29 is 14.6 Å². The number of alkyl carbamates (subject to hydrolysis) is 1. The molecule has 1 amide bonds. The summed E-state index contributed by atoms with van der Waals surface area (Å²) in [5, 5.41) is 12.4. The van der Waals surface area contributed by atoms with Gasteiger partial charge in [0, 0.05) is 6.54 Å². The number of hydrogen-bond acceptors (Lipinski definition) is 3. The summed E-state index contributed by atoms with van der Waals surface area (Å²) in [5.74, 6) is 0.926. The van der Waals surface area contributed by atoms with Crippen LogP contribution in [0.15, 0.2) is 30.3 Å². The number of carbonyl (C=O) groups excluding carboxylic acids is 1. The molecule has 4 heteroatoms. The van der Waals surface area contributed by atoms with Crippen LogP contribution in [0.5, 0.6) is 0 Å². The Kier molecular flexibility index (Phi) is 6.05. The maximum absolute atomic E-state index is 11.7. The first-order valence-electron chi connectivity index (χ1n) is 7.77. The van der Waals surface area contributed by atoms with E-state index in [4.69, 9.17) is 4.74 Å². The summed E-state index contributed by atoms with van der Waals surface area (Å²) in [5.41, 5.74) is 0.991. The number of aliphatic hydroxyl groups excluding tert-OH is 1. The van der Waals surface area contributed by atoms with E-state index in [-0.39, 0.29) is 12.2 Å². The van der Waals surface area contributed by atoms with Crippen molar-refractivity contribution >= 4 is 6.09 Å². The van der Waals surface area contributed by atoms with E-state index in [2.05, 4.69) is 5.32 Å². The van der Waals surface area contributed by atoms with Gasteiger partial charge in [0.15, 0.2) is 0 Å². The van der Waals surface area contributed by atoms with E-state index in [9.17, 15) is 9.90 Å². The third-order valence-corrected chi connectivity index (χ3v) is 4.32. The lowest BCUT2D eigenvalue weighted by Gasteiger charge is -2.30. The smallest absolute Gasteiger partial charge is 0.407 e. The van der Waals surface area contributed by atoms with Crippen molar-refractivity contribution in [2.45, 2.75) is 45.3 Å². The van der Waals surface area contributed by atoms with Crippen LogP contribution in [-0.4, -0.2) is 23.8 Å². The Balaban J connectivity index is 1.61. The van der Waals surface area contributed by atoms with E-state index in [0.29, 0.717) is 25.0 Å². The van der Waals surface area contributed by atoms with Gasteiger partial charge in [0.1, 0.15) is 6.61 Å². The highest BCUT2D eigenvalue weighted by Gasteiger charge is 2.24. The third-order valence-electron chi connectivity index (χ3n) is 4.32. The standard InChI is InChI=1S/C17H25NO3/c1-13(19)16-9-7-14(8-10-16)11-18-17(20)21-12-15-5-3-2-4-6-15/h2-6,13-14,16,19H,7-12H2,1H3,(H,18,20)/t13-,14?,16?/m0/s1. The maximum Gasteiger partial charge on any atom is 0.407 e. The summed E-state index contributed by atoms with van der Waals surface area (Å²) < 4.78 is 5.19. The lowest BCUT2D eigenvalue weighted by Crippen LogP contribution is -2.33. The molecule has 2 N–H and O–H groups in total. The second-order valence-electron chi connectivity index (χ2n) is 5.96. The lowest BCUT2D eigenvalue weighted by atomic mass is 9.80. The molecule has 4 nitrogen and oxygen atoms in total. The summed E-state index contributed by atoms with van der Waals surface area (Å²) in [7, 11) is 0. The van der Waals surface area contributed by atoms with Crippen LogP contribution in [0.3, 0.4) is 0 Å². The number of hydrogen-bond donors (Lipinski definition) is 2. The Morgan fingerprint density at radius 3 is 2.57 bits per heavy atom. The fourth-order valence-corrected chi connectivity index (χ4v) is 2.88. The van der Waals surface area contributed by atoms with E-state index in [1.165, 1.54) is 0 Å². The second kappa shape index (κ2) is 8.03. The van der Waals surface area contributed by atoms with Gasteiger partial charge in [-0.2, -0.15) is 0 Å². The predicted octanol–water partition coefficient (Wildman–Crippen LogP) is 3.10. The third kappa shape index (κ3) is 5.38. The van der Waals surface area contributed by atoms with Crippen LogP contribution < -0.4 is 5.32 Å². The van der Waals surface area contributed by atoms with Gasteiger partial charge in [-0.15, -0.1) is 0 Å². The van der Waals surface area contributed by atoms with Gasteiger partial charge in [0.05, 0.1) is 6.10 Å². The monoisotopic (exact) mass is 291 g/mol. The highest BCUT2D eigenvalue weighted by Crippen LogP contribution is 2.30. The summed E-state index contributed by atoms with van der Waals surface area (Å²) in [6.07, 6.45) is 3.65. The van der Waals surface area contributed by atoms with Crippen molar-refractivity contribution in [2.24, 2.45) is 11.8 Å². The number of nitrogens with one attached hydrogen (secondary N) is 1. The minimum absolute atomic E-state index is 0.213. The van der Waals surface area contributed by atoms with Gasteiger partial charge in [-0.1, -0.05) is 30.3 Å². The first kappa shape index (κ1) is 15.8. The number of amides is 1. The molecule has 1 saturated carbocycles. The SMILES string of the molecule is C[C@H](O)C1CCC(CNC(=O)OCc2ccccc2)CC1. The molecule has 1 atom stereocenters. The zero-order valence-corrected chi connectivity index (χ0v) is 12.6. The molecule has 1 aromatic carbocycles. The van der Waals surface area contributed by atoms with E-state index < -0.39 is 0 Å². The van der Waals surface area contributed by atoms with Gasteiger partial charge >= 0.3 is 6.09 Å². The Labute approximate surface area is 126 Å². The van der Waals surface area contributed by atoms with Gasteiger partial charge in [-0.25, -0.2) is 4.79 Å². The van der Waals surface area contributed by atoms with Crippen LogP contribution >= 0.6 is 0 Å². The number of benzene rings is 1. The molecule has 0 radical (unpaired) electrons. The van der Waals surface area contributed by atoms with E-state index in [0.717, 1.165) is 31.2 Å². The Bertz CT molecular complexity index is 425. The van der Waals surface area contributed by atoms with Crippen LogP contribution in [0, 0.1) is 11.8 Å². The normalized spacial score (nSPS) is 23.3. The van der Waals surface area contributed by atoms with Crippen LogP contribution in [0.1, 0.15) is 38.2 Å². The molecule has 1 aliphatic rings. The van der Waals surface area contributed by atoms with Gasteiger partial charge < -0.3 is 15.2 Å². The number of rotatable bonds is 5. The Morgan fingerprint density at radius 1 is 1.29 bits per heavy atom. The molecule has 0 heterocycles. The van der Waals surface area contributed by atoms with Crippen molar-refractivity contribution in [3.05, 3.63) is 35.9 Å². The van der Waals surface area contributed by atoms with Gasteiger partial charge in [0.2, 0.25) is 0 Å². The van der Waals surface area contributed by atoms with Crippen molar-refractivity contribution in [3.63, 3.8) is 0 Å². The predicted molar refractivity (Wildman–Crippen MR) is 81.8 cm³/mol. The molecule has 1 aromatic rings. The zero-order valence-electron chi connectivity index (χ0n) is 12.6. The van der Waals surface area contributed by atoms with Gasteiger partial charge in [0.25, 0.3) is 0 Å². The summed E-state index contributed by atoms with van der Waals surface area (Å²) in [6.45, 7) is 2.84. The summed E-state index contributed by atoms with van der Waals surface area (Å²) in [6, 6.07) is 9.66. The molecule has 0 aromatic heterocycles. The zero-order chi connectivity index (χ0) is 15.1. The maximum atomic E-state index is 11.7. The van der Waals surface area contributed by atoms with Crippen LogP contribution in [0.4, 0.5) is 4.79 Å². The molecule has 0 aliphatic heterocycles. The fraction of sp³-hybridized carbons (Fsp3) is 0.588. The average molecular weight is 291 g/mol. The minimum atomic E-state index is -0.350. The van der Waals surface area contributed by atoms with Crippen LogP contribution in [-0.2, 0) is 11.3 Å². The molecular weight excluding hydrogens is 266 g/mol. The molecule has 0 unspecified atom stereocenters. The molecular formula is C17H25NO3. The number of ether oxygens (including phenoxy) is 1. The van der Waals surface area contributed by atoms with Gasteiger partial charge in [-0.3, -0.25) is 0 Å². The quantitative estimate of drug-likeness (QED) is 0.876. The summed E-state index contributed by atoms with van der Waals surface area (Å²) >= 11 is 0. The number of carbonyl (C=O) groups is 1. The molecule has 21 heavy (non-hydrogen) atoms. The number of aliphatic hydroxyl groups is 1. The molecule has 1 fully saturated rings. The average Bonchev–Trinajstić information content (AvgIpc) is 2.52. The molecule has 0 spiro atoms. The molecule has 116 valence electrons. The van der Waals surface area contributed by atoms with E-state index in [1.54, 1.807) is 0 Å². The second-order valence-corrected chi connectivity index (χ2v) is 5.96. The first-order chi connectivity index (χ1) is 10.1. The highest BCUT2D eigenvalue weighted by molar-refractivity contribution is 5.67. The van der Waals surface area contributed by atoms with Crippen molar-refractivity contribution in [1.29, 1.82) is 0 Å². The van der Waals surface area contributed by atoms with Gasteiger partial charge in [-0.05, 0) is 50.0 Å². The lowest BCUT2D eigenvalue weighted by molar-refractivity contribution is 0.0870. The summed E-state index contributed by atoms with van der Waals surface area (Å²) in [4.78, 5) is 11.7. The Morgan fingerprint density at radius 2 is 1.95 bits per heavy atom. The fourth-order valence-electron chi connectivity index (χ4n) is 2.88. The largest absolute Gasteiger partial charge is 0.445 e. The first-order valence-corrected chi connectivity index (χ1v) is 7.77. The molecule has 1 aliphatic carbocycles. The van der Waals surface area contributed by atoms with Crippen molar-refractivity contribution in [3.8, 4) is 0 Å². The van der Waals surface area contributed by atoms with E-state index >= 15 is 0 Å².